The zero-order chi connectivity index (χ0) is 11.6. The first-order valence-corrected chi connectivity index (χ1v) is 6.86. The van der Waals surface area contributed by atoms with Crippen LogP contribution in [0.15, 0.2) is 18.2 Å². The van der Waals surface area contributed by atoms with Gasteiger partial charge in [0.05, 0.1) is 0 Å². The lowest BCUT2D eigenvalue weighted by atomic mass is 10.2. The van der Waals surface area contributed by atoms with Crippen LogP contribution in [-0.4, -0.2) is 23.5 Å². The summed E-state index contributed by atoms with van der Waals surface area (Å²) in [7, 11) is 0. The number of pyridine rings is 1. The van der Waals surface area contributed by atoms with Crippen LogP contribution in [0.5, 0.6) is 0 Å². The zero-order valence-electron chi connectivity index (χ0n) is 9.57. The van der Waals surface area contributed by atoms with Gasteiger partial charge in [0, 0.05) is 6.54 Å². The summed E-state index contributed by atoms with van der Waals surface area (Å²) in [5.74, 6) is 2.03. The number of unbranched alkanes of at least 4 members (excludes halogenated alkanes) is 2. The summed E-state index contributed by atoms with van der Waals surface area (Å²) in [6.07, 6.45) is 5.80. The van der Waals surface area contributed by atoms with Crippen molar-refractivity contribution in [2.45, 2.75) is 19.3 Å². The molecule has 0 atom stereocenters. The maximum Gasteiger partial charge on any atom is 0.142 e. The van der Waals surface area contributed by atoms with E-state index in [9.17, 15) is 0 Å². The van der Waals surface area contributed by atoms with Crippen molar-refractivity contribution in [3.63, 3.8) is 0 Å². The second kappa shape index (κ2) is 8.00. The van der Waals surface area contributed by atoms with Gasteiger partial charge in [0.15, 0.2) is 0 Å². The van der Waals surface area contributed by atoms with Gasteiger partial charge in [0.25, 0.3) is 0 Å². The van der Waals surface area contributed by atoms with E-state index < -0.39 is 0 Å². The Morgan fingerprint density at radius 3 is 3.00 bits per heavy atom. The van der Waals surface area contributed by atoms with E-state index in [4.69, 9.17) is 5.26 Å². The summed E-state index contributed by atoms with van der Waals surface area (Å²) < 4.78 is 0. The molecule has 0 bridgehead atoms. The SMILES string of the molecule is CSCCCCCNc1cccc(C#N)n1. The summed E-state index contributed by atoms with van der Waals surface area (Å²) in [5, 5.41) is 11.9. The summed E-state index contributed by atoms with van der Waals surface area (Å²) >= 11 is 1.89. The van der Waals surface area contributed by atoms with Crippen LogP contribution in [0.25, 0.3) is 0 Å². The second-order valence-electron chi connectivity index (χ2n) is 3.50. The highest BCUT2D eigenvalue weighted by molar-refractivity contribution is 7.98. The number of nitrogens with one attached hydrogen (secondary N) is 1. The number of anilines is 1. The highest BCUT2D eigenvalue weighted by Gasteiger charge is 1.95. The molecule has 0 spiro atoms. The van der Waals surface area contributed by atoms with E-state index in [-0.39, 0.29) is 0 Å². The van der Waals surface area contributed by atoms with Crippen LogP contribution in [-0.2, 0) is 0 Å². The van der Waals surface area contributed by atoms with Crippen LogP contribution in [0.3, 0.4) is 0 Å². The molecule has 1 rings (SSSR count). The average Bonchev–Trinajstić information content (AvgIpc) is 2.34. The van der Waals surface area contributed by atoms with Crippen LogP contribution >= 0.6 is 11.8 Å². The van der Waals surface area contributed by atoms with Gasteiger partial charge in [-0.3, -0.25) is 0 Å². The first-order valence-electron chi connectivity index (χ1n) is 5.47. The van der Waals surface area contributed by atoms with Crippen LogP contribution < -0.4 is 5.32 Å². The van der Waals surface area contributed by atoms with Crippen molar-refractivity contribution in [1.29, 1.82) is 5.26 Å². The van der Waals surface area contributed by atoms with Crippen LogP contribution in [0, 0.1) is 11.3 Å². The number of nitriles is 1. The largest absolute Gasteiger partial charge is 0.370 e. The Labute approximate surface area is 101 Å². The minimum Gasteiger partial charge on any atom is -0.370 e. The van der Waals surface area contributed by atoms with E-state index in [1.165, 1.54) is 18.6 Å². The number of hydrogen-bond acceptors (Lipinski definition) is 4. The highest BCUT2D eigenvalue weighted by atomic mass is 32.2. The number of thioether (sulfide) groups is 1. The highest BCUT2D eigenvalue weighted by Crippen LogP contribution is 2.06. The van der Waals surface area contributed by atoms with E-state index in [0.29, 0.717) is 5.69 Å². The fraction of sp³-hybridized carbons (Fsp3) is 0.500. The van der Waals surface area contributed by atoms with Crippen molar-refractivity contribution in [1.82, 2.24) is 4.98 Å². The molecule has 1 aromatic rings. The fourth-order valence-corrected chi connectivity index (χ4v) is 1.85. The quantitative estimate of drug-likeness (QED) is 0.738. The van der Waals surface area contributed by atoms with Crippen molar-refractivity contribution in [2.24, 2.45) is 0 Å². The van der Waals surface area contributed by atoms with Crippen molar-refractivity contribution < 1.29 is 0 Å². The Kier molecular flexibility index (Phi) is 6.43. The van der Waals surface area contributed by atoms with Gasteiger partial charge in [-0.1, -0.05) is 12.5 Å². The van der Waals surface area contributed by atoms with E-state index in [1.54, 1.807) is 6.07 Å². The van der Waals surface area contributed by atoms with Gasteiger partial charge in [0.1, 0.15) is 17.6 Å². The van der Waals surface area contributed by atoms with Crippen LogP contribution in [0.2, 0.25) is 0 Å². The summed E-state index contributed by atoms with van der Waals surface area (Å²) in [6, 6.07) is 7.48. The molecule has 0 saturated heterocycles. The standard InChI is InChI=1S/C12H17N3S/c1-16-9-4-2-3-8-14-12-7-5-6-11(10-13)15-12/h5-7H,2-4,8-9H2,1H3,(H,14,15). The molecule has 1 heterocycles. The first-order chi connectivity index (χ1) is 7.86. The molecule has 1 N–H and O–H groups in total. The molecule has 0 aliphatic heterocycles. The number of rotatable bonds is 7. The predicted octanol–water partition coefficient (Wildman–Crippen LogP) is 2.90. The van der Waals surface area contributed by atoms with Crippen molar-refractivity contribution in [2.75, 3.05) is 23.9 Å². The van der Waals surface area contributed by atoms with Gasteiger partial charge in [0.2, 0.25) is 0 Å². The Hall–Kier alpha value is -1.21. The molecule has 0 aliphatic rings. The van der Waals surface area contributed by atoms with Crippen LogP contribution in [0.4, 0.5) is 5.82 Å². The normalized spacial score (nSPS) is 9.75. The van der Waals surface area contributed by atoms with Gasteiger partial charge in [-0.15, -0.1) is 0 Å². The Morgan fingerprint density at radius 1 is 1.38 bits per heavy atom. The van der Waals surface area contributed by atoms with Crippen molar-refractivity contribution >= 4 is 17.6 Å². The van der Waals surface area contributed by atoms with E-state index in [0.717, 1.165) is 18.8 Å². The predicted molar refractivity (Wildman–Crippen MR) is 69.7 cm³/mol. The van der Waals surface area contributed by atoms with Crippen molar-refractivity contribution in [3.05, 3.63) is 23.9 Å². The molecule has 86 valence electrons. The molecule has 1 aromatic heterocycles. The molecular weight excluding hydrogens is 218 g/mol. The molecule has 0 aromatic carbocycles. The summed E-state index contributed by atoms with van der Waals surface area (Å²) in [4.78, 5) is 4.15. The lowest BCUT2D eigenvalue weighted by molar-refractivity contribution is 0.748. The van der Waals surface area contributed by atoms with Gasteiger partial charge in [-0.2, -0.15) is 17.0 Å². The number of hydrogen-bond donors (Lipinski definition) is 1. The van der Waals surface area contributed by atoms with Gasteiger partial charge in [-0.05, 0) is 37.0 Å². The van der Waals surface area contributed by atoms with Gasteiger partial charge < -0.3 is 5.32 Å². The molecule has 0 aliphatic carbocycles. The Balaban J connectivity index is 2.19. The maximum atomic E-state index is 8.69. The minimum atomic E-state index is 0.465. The molecule has 0 unspecified atom stereocenters. The molecule has 4 heteroatoms. The third kappa shape index (κ3) is 5.04. The molecule has 0 fully saturated rings. The summed E-state index contributed by atoms with van der Waals surface area (Å²) in [5.41, 5.74) is 0.465. The molecule has 0 amide bonds. The maximum absolute atomic E-state index is 8.69. The first kappa shape index (κ1) is 12.9. The monoisotopic (exact) mass is 235 g/mol. The molecule has 16 heavy (non-hydrogen) atoms. The van der Waals surface area contributed by atoms with Crippen LogP contribution in [0.1, 0.15) is 25.0 Å². The smallest absolute Gasteiger partial charge is 0.142 e. The number of nitrogens with zero attached hydrogens (tertiary/aromatic N) is 2. The Morgan fingerprint density at radius 2 is 2.25 bits per heavy atom. The third-order valence-electron chi connectivity index (χ3n) is 2.19. The number of aromatic nitrogens is 1. The minimum absolute atomic E-state index is 0.465. The van der Waals surface area contributed by atoms with E-state index in [2.05, 4.69) is 16.6 Å². The third-order valence-corrected chi connectivity index (χ3v) is 2.89. The summed E-state index contributed by atoms with van der Waals surface area (Å²) in [6.45, 7) is 0.927. The second-order valence-corrected chi connectivity index (χ2v) is 4.49. The molecular formula is C12H17N3S. The molecule has 3 nitrogen and oxygen atoms in total. The Bertz CT molecular complexity index is 346. The molecule has 0 radical (unpaired) electrons. The molecule has 0 saturated carbocycles. The topological polar surface area (TPSA) is 48.7 Å². The lowest BCUT2D eigenvalue weighted by Gasteiger charge is -2.05. The van der Waals surface area contributed by atoms with Gasteiger partial charge >= 0.3 is 0 Å². The average molecular weight is 235 g/mol. The fourth-order valence-electron chi connectivity index (χ4n) is 1.36. The zero-order valence-corrected chi connectivity index (χ0v) is 10.4. The van der Waals surface area contributed by atoms with Crippen molar-refractivity contribution in [3.8, 4) is 6.07 Å². The van der Waals surface area contributed by atoms with Gasteiger partial charge in [-0.25, -0.2) is 4.98 Å². The van der Waals surface area contributed by atoms with E-state index in [1.807, 2.05) is 30.0 Å². The lowest BCUT2D eigenvalue weighted by Crippen LogP contribution is -2.03. The van der Waals surface area contributed by atoms with E-state index >= 15 is 0 Å².